The summed E-state index contributed by atoms with van der Waals surface area (Å²) in [4.78, 5) is 70.5. The molecule has 0 radical (unpaired) electrons. The van der Waals surface area contributed by atoms with Crippen LogP contribution in [0, 0.1) is 0 Å². The highest BCUT2D eigenvalue weighted by Crippen LogP contribution is 2.62. The summed E-state index contributed by atoms with van der Waals surface area (Å²) in [6.45, 7) is -1.19. The third kappa shape index (κ3) is 6.31. The van der Waals surface area contributed by atoms with Crippen LogP contribution in [0.25, 0.3) is 33.4 Å². The van der Waals surface area contributed by atoms with Crippen molar-refractivity contribution in [2.45, 2.75) is 30.5 Å². The summed E-state index contributed by atoms with van der Waals surface area (Å²) in [5, 5.41) is 176. The first kappa shape index (κ1) is 45.5. The van der Waals surface area contributed by atoms with Crippen LogP contribution in [0.3, 0.4) is 0 Å². The Balaban J connectivity index is 1.50. The molecule has 26 nitrogen and oxygen atoms in total. The Labute approximate surface area is 379 Å². The summed E-state index contributed by atoms with van der Waals surface area (Å²) in [6.07, 6.45) is -13.3. The summed E-state index contributed by atoms with van der Waals surface area (Å²) < 4.78 is 27.3. The Morgan fingerprint density at radius 3 is 1.59 bits per heavy atom. The Bertz CT molecular complexity index is 3140. The molecule has 5 aromatic carbocycles. The number of esters is 4. The zero-order valence-corrected chi connectivity index (χ0v) is 34.0. The van der Waals surface area contributed by atoms with Crippen molar-refractivity contribution in [2.24, 2.45) is 0 Å². The number of phenolic OH excluding ortho intramolecular Hbond substituents is 15. The normalized spacial score (nSPS) is 19.3. The van der Waals surface area contributed by atoms with Gasteiger partial charge in [0.1, 0.15) is 12.7 Å². The van der Waals surface area contributed by atoms with Gasteiger partial charge in [0.15, 0.2) is 88.2 Å². The Morgan fingerprint density at radius 2 is 1.00 bits per heavy atom. The predicted molar refractivity (Wildman–Crippen MR) is 216 cm³/mol. The van der Waals surface area contributed by atoms with Gasteiger partial charge in [0, 0.05) is 44.5 Å². The number of ether oxygens (including phenoxy) is 4. The van der Waals surface area contributed by atoms with Crippen molar-refractivity contribution in [3.05, 3.63) is 51.6 Å². The van der Waals surface area contributed by atoms with E-state index in [9.17, 15) is 106 Å². The number of hydrogen-bond donors (Lipinski definition) is 17. The molecule has 4 aliphatic rings. The molecular formula is C41H28O26S. The number of phenols is 15. The molecule has 4 heterocycles. The van der Waals surface area contributed by atoms with Gasteiger partial charge >= 0.3 is 23.9 Å². The lowest BCUT2D eigenvalue weighted by atomic mass is 9.80. The molecule has 4 aliphatic heterocycles. The van der Waals surface area contributed by atoms with Crippen LogP contribution in [-0.4, -0.2) is 143 Å². The smallest absolute Gasteiger partial charge is 0.340 e. The molecule has 0 amide bonds. The summed E-state index contributed by atoms with van der Waals surface area (Å²) in [7, 11) is 0. The maximum Gasteiger partial charge on any atom is 0.340 e. The van der Waals surface area contributed by atoms with Crippen LogP contribution in [0.5, 0.6) is 86.2 Å². The van der Waals surface area contributed by atoms with E-state index in [0.717, 1.165) is 0 Å². The van der Waals surface area contributed by atoms with Crippen molar-refractivity contribution in [1.29, 1.82) is 0 Å². The summed E-state index contributed by atoms with van der Waals surface area (Å²) in [5.74, 6) is -30.1. The molecule has 27 heteroatoms. The number of carbonyl (C=O) groups is 5. The second-order valence-electron chi connectivity index (χ2n) is 14.9. The molecule has 6 bridgehead atoms. The van der Waals surface area contributed by atoms with E-state index in [4.69, 9.17) is 23.1 Å². The summed E-state index contributed by atoms with van der Waals surface area (Å²) in [5.41, 5.74) is -14.5. The van der Waals surface area contributed by atoms with Crippen LogP contribution in [0.1, 0.15) is 63.5 Å². The van der Waals surface area contributed by atoms with Gasteiger partial charge < -0.3 is 105 Å². The second kappa shape index (κ2) is 15.8. The van der Waals surface area contributed by atoms with Gasteiger partial charge in [-0.3, -0.25) is 4.79 Å². The third-order valence-electron chi connectivity index (χ3n) is 11.2. The van der Waals surface area contributed by atoms with Gasteiger partial charge in [0.2, 0.25) is 28.7 Å². The van der Waals surface area contributed by atoms with Gasteiger partial charge in [-0.1, -0.05) is 0 Å². The molecule has 354 valence electrons. The summed E-state index contributed by atoms with van der Waals surface area (Å²) >= 11 is 3.65. The fraction of sp³-hybridized carbons (Fsp3) is 0.146. The average molecular weight is 969 g/mol. The number of aliphatic hydroxyl groups is 1. The molecule has 5 aromatic rings. The van der Waals surface area contributed by atoms with Crippen LogP contribution in [0.2, 0.25) is 0 Å². The van der Waals surface area contributed by atoms with Crippen molar-refractivity contribution in [2.75, 3.05) is 6.61 Å². The third-order valence-corrected chi connectivity index (χ3v) is 11.4. The molecule has 0 unspecified atom stereocenters. The van der Waals surface area contributed by atoms with Crippen LogP contribution >= 0.6 is 12.9 Å². The first-order valence-corrected chi connectivity index (χ1v) is 19.1. The van der Waals surface area contributed by atoms with Crippen molar-refractivity contribution in [1.82, 2.24) is 0 Å². The molecule has 0 saturated heterocycles. The topological polar surface area (TPSA) is 455 Å². The predicted octanol–water partition coefficient (Wildman–Crippen LogP) is 1.82. The zero-order valence-electron chi connectivity index (χ0n) is 33.1. The fourth-order valence-corrected chi connectivity index (χ4v) is 8.33. The van der Waals surface area contributed by atoms with E-state index in [-0.39, 0.29) is 6.29 Å². The number of fused-ring (bicyclic) bond motifs is 3. The largest absolute Gasteiger partial charge is 0.504 e. The number of hydrogen-bond acceptors (Lipinski definition) is 27. The highest BCUT2D eigenvalue weighted by molar-refractivity contribution is 7.75. The summed E-state index contributed by atoms with van der Waals surface area (Å²) in [6, 6.07) is 1.19. The van der Waals surface area contributed by atoms with Crippen molar-refractivity contribution < 1.29 is 129 Å². The minimum Gasteiger partial charge on any atom is -0.504 e. The number of carbonyl (C=O) groups excluding carboxylic acids is 5. The van der Waals surface area contributed by atoms with Crippen molar-refractivity contribution in [3.8, 4) is 120 Å². The molecule has 0 aliphatic carbocycles. The fourth-order valence-electron chi connectivity index (χ4n) is 8.19. The average Bonchev–Trinajstić information content (AvgIpc) is 3.31. The van der Waals surface area contributed by atoms with Gasteiger partial charge in [-0.15, -0.1) is 0 Å². The Hall–Kier alpha value is -9.08. The monoisotopic (exact) mass is 968 g/mol. The first-order chi connectivity index (χ1) is 32.0. The highest BCUT2D eigenvalue weighted by Gasteiger charge is 2.55. The van der Waals surface area contributed by atoms with Crippen LogP contribution < -0.4 is 0 Å². The van der Waals surface area contributed by atoms with Gasteiger partial charge in [-0.25, -0.2) is 19.2 Å². The van der Waals surface area contributed by atoms with E-state index < -0.39 is 214 Å². The molecular weight excluding hydrogens is 940 g/mol. The molecule has 16 N–H and O–H groups in total. The molecule has 68 heavy (non-hydrogen) atoms. The minimum atomic E-state index is -2.77. The van der Waals surface area contributed by atoms with Gasteiger partial charge in [0.05, 0.1) is 22.3 Å². The van der Waals surface area contributed by atoms with E-state index >= 15 is 0 Å². The molecule has 0 saturated carbocycles. The number of aromatic hydroxyl groups is 15. The van der Waals surface area contributed by atoms with Crippen LogP contribution in [-0.2, 0) is 23.1 Å². The van der Waals surface area contributed by atoms with Crippen LogP contribution in [0.15, 0.2) is 18.2 Å². The lowest BCUT2D eigenvalue weighted by molar-refractivity contribution is -0.152. The molecule has 5 atom stereocenters. The first-order valence-electron chi connectivity index (χ1n) is 18.7. The van der Waals surface area contributed by atoms with Crippen molar-refractivity contribution in [3.63, 3.8) is 0 Å². The standard InChI is InChI=1S/C41H28O26S/c42-4-6-1-9(43)22(46)25(49)13(6)14-7(2-10(44)23(47)26(14)50)39(60)65-35-12(5-63-68)64-38(59)8-3-11(45)24(48)27(51)15(8)16-19-17(29(53)33(57)28(16)52)18-20-21(31(55)34(58)30(18)54)32(56)36(66-41(20)62)37(35)67-40(19)61/h1-4,12,32,35-37,43-58,68H,5H2/t12-,32+,35-,36+,37+/m1/s1. The second-order valence-corrected chi connectivity index (χ2v) is 15.1. The van der Waals surface area contributed by atoms with Gasteiger partial charge in [-0.05, 0) is 31.1 Å². The van der Waals surface area contributed by atoms with Crippen LogP contribution in [0.4, 0.5) is 0 Å². The SMILES string of the molecule is O=Cc1cc(O)c(O)c(O)c1-c1c(C(=O)O[C@H]2[C@@H]3OC(=O)c4c(c(O)c(O)c(O)c4-c4c(O)c(O)c(O)c5c4C(=O)O[C@H]3[C@H]5O)-c3c(cc(O)c(O)c3O)C(=O)O[C@@H]2COS)cc(O)c(O)c1O. The van der Waals surface area contributed by atoms with E-state index in [1.807, 2.05) is 0 Å². The number of thiol groups is 1. The number of cyclic esters (lactones) is 1. The number of aldehydes is 1. The Morgan fingerprint density at radius 1 is 0.529 bits per heavy atom. The van der Waals surface area contributed by atoms with Gasteiger partial charge in [-0.2, -0.15) is 0 Å². The molecule has 0 spiro atoms. The number of rotatable bonds is 6. The minimum absolute atomic E-state index is 0.0837. The van der Waals surface area contributed by atoms with E-state index in [1.165, 1.54) is 0 Å². The molecule has 0 aromatic heterocycles. The Kier molecular flexibility index (Phi) is 10.6. The van der Waals surface area contributed by atoms with Gasteiger partial charge in [0.25, 0.3) is 0 Å². The van der Waals surface area contributed by atoms with E-state index in [1.54, 1.807) is 0 Å². The van der Waals surface area contributed by atoms with E-state index in [2.05, 4.69) is 12.9 Å². The maximum absolute atomic E-state index is 15.0. The number of aliphatic hydroxyl groups excluding tert-OH is 1. The van der Waals surface area contributed by atoms with E-state index in [0.29, 0.717) is 18.2 Å². The molecule has 9 rings (SSSR count). The van der Waals surface area contributed by atoms with Crippen molar-refractivity contribution >= 4 is 43.1 Å². The quantitative estimate of drug-likeness (QED) is 0.0288. The highest BCUT2D eigenvalue weighted by atomic mass is 32.1. The lowest BCUT2D eigenvalue weighted by Crippen LogP contribution is -2.56. The maximum atomic E-state index is 15.0. The zero-order chi connectivity index (χ0) is 49.9. The number of benzene rings is 5. The molecule has 0 fully saturated rings. The lowest BCUT2D eigenvalue weighted by Gasteiger charge is -2.40.